The van der Waals surface area contributed by atoms with Crippen LogP contribution in [0.2, 0.25) is 5.02 Å². The monoisotopic (exact) mass is 400 g/mol. The number of amides is 1. The molecule has 0 radical (unpaired) electrons. The minimum atomic E-state index is -0.0224. The lowest BCUT2D eigenvalue weighted by atomic mass is 10.2. The lowest BCUT2D eigenvalue weighted by Crippen LogP contribution is -2.50. The molecule has 0 aliphatic carbocycles. The second-order valence-corrected chi connectivity index (χ2v) is 7.23. The van der Waals surface area contributed by atoms with Gasteiger partial charge in [-0.15, -0.1) is 0 Å². The molecule has 0 atom stereocenters. The fraction of sp³-hybridized carbons (Fsp3) is 0.368. The van der Waals surface area contributed by atoms with Crippen molar-refractivity contribution >= 4 is 29.1 Å². The van der Waals surface area contributed by atoms with E-state index < -0.39 is 0 Å². The highest BCUT2D eigenvalue weighted by atomic mass is 35.5. The molecule has 1 saturated heterocycles. The maximum Gasteiger partial charge on any atom is 0.260 e. The van der Waals surface area contributed by atoms with Crippen LogP contribution in [0.5, 0.6) is 5.75 Å². The van der Waals surface area contributed by atoms with Crippen molar-refractivity contribution < 1.29 is 9.53 Å². The molecule has 1 amide bonds. The van der Waals surface area contributed by atoms with Crippen molar-refractivity contribution in [3.05, 3.63) is 46.9 Å². The summed E-state index contributed by atoms with van der Waals surface area (Å²) < 4.78 is 7.42. The zero-order valence-electron chi connectivity index (χ0n) is 15.8. The Kier molecular flexibility index (Phi) is 5.04. The van der Waals surface area contributed by atoms with Crippen LogP contribution in [0, 0.1) is 13.8 Å². The Labute approximate surface area is 167 Å². The SMILES string of the molecule is Cc1cc(N2CCN(C(=O)COc3ccc(Cl)cc3C)CC2)n2ncnc2n1. The van der Waals surface area contributed by atoms with Crippen LogP contribution in [0.25, 0.3) is 5.78 Å². The number of anilines is 1. The van der Waals surface area contributed by atoms with Crippen LogP contribution in [-0.2, 0) is 4.79 Å². The summed E-state index contributed by atoms with van der Waals surface area (Å²) in [6.45, 7) is 6.54. The molecule has 0 unspecified atom stereocenters. The van der Waals surface area contributed by atoms with Gasteiger partial charge in [0, 0.05) is 43.0 Å². The number of hydrogen-bond donors (Lipinski definition) is 0. The molecule has 0 N–H and O–H groups in total. The summed E-state index contributed by atoms with van der Waals surface area (Å²) in [5, 5.41) is 4.91. The molecular weight excluding hydrogens is 380 g/mol. The van der Waals surface area contributed by atoms with E-state index in [4.69, 9.17) is 16.3 Å². The molecule has 1 aromatic carbocycles. The molecule has 0 saturated carbocycles. The number of halogens is 1. The van der Waals surface area contributed by atoms with Gasteiger partial charge in [-0.05, 0) is 37.6 Å². The standard InChI is InChI=1S/C19H21ClN6O2/c1-13-9-15(20)3-4-16(13)28-11-18(27)25-7-5-24(6-8-25)17-10-14(2)23-19-21-12-22-26(17)19/h3-4,9-10,12H,5-8,11H2,1-2H3. The summed E-state index contributed by atoms with van der Waals surface area (Å²) in [6.07, 6.45) is 1.50. The zero-order chi connectivity index (χ0) is 19.7. The van der Waals surface area contributed by atoms with Gasteiger partial charge in [0.1, 0.15) is 17.9 Å². The molecule has 1 fully saturated rings. The Morgan fingerprint density at radius 2 is 1.96 bits per heavy atom. The predicted molar refractivity (Wildman–Crippen MR) is 106 cm³/mol. The van der Waals surface area contributed by atoms with Crippen molar-refractivity contribution in [2.45, 2.75) is 13.8 Å². The van der Waals surface area contributed by atoms with Crippen LogP contribution in [0.4, 0.5) is 5.82 Å². The molecule has 1 aliphatic heterocycles. The van der Waals surface area contributed by atoms with Gasteiger partial charge >= 0.3 is 0 Å². The van der Waals surface area contributed by atoms with Crippen LogP contribution in [0.15, 0.2) is 30.6 Å². The molecule has 146 valence electrons. The number of nitrogens with zero attached hydrogens (tertiary/aromatic N) is 6. The molecule has 3 heterocycles. The molecular formula is C19H21ClN6O2. The first-order chi connectivity index (χ1) is 13.5. The highest BCUT2D eigenvalue weighted by Crippen LogP contribution is 2.22. The maximum atomic E-state index is 12.5. The Bertz CT molecular complexity index is 1010. The van der Waals surface area contributed by atoms with E-state index in [1.807, 2.05) is 30.9 Å². The third kappa shape index (κ3) is 3.73. The fourth-order valence-corrected chi connectivity index (χ4v) is 3.55. The first kappa shape index (κ1) is 18.5. The molecule has 28 heavy (non-hydrogen) atoms. The number of ether oxygens (including phenoxy) is 1. The zero-order valence-corrected chi connectivity index (χ0v) is 16.6. The number of aromatic nitrogens is 4. The van der Waals surface area contributed by atoms with Gasteiger partial charge in [-0.2, -0.15) is 14.6 Å². The number of carbonyl (C=O) groups excluding carboxylic acids is 1. The first-order valence-corrected chi connectivity index (χ1v) is 9.48. The summed E-state index contributed by atoms with van der Waals surface area (Å²) in [4.78, 5) is 25.1. The fourth-order valence-electron chi connectivity index (χ4n) is 3.33. The van der Waals surface area contributed by atoms with E-state index in [0.717, 1.165) is 17.1 Å². The van der Waals surface area contributed by atoms with Crippen molar-refractivity contribution in [2.24, 2.45) is 0 Å². The predicted octanol–water partition coefficient (Wildman–Crippen LogP) is 2.12. The maximum absolute atomic E-state index is 12.5. The Morgan fingerprint density at radius 1 is 1.18 bits per heavy atom. The number of rotatable bonds is 4. The van der Waals surface area contributed by atoms with E-state index in [2.05, 4.69) is 20.0 Å². The Hall–Kier alpha value is -2.87. The van der Waals surface area contributed by atoms with Crippen molar-refractivity contribution in [2.75, 3.05) is 37.7 Å². The van der Waals surface area contributed by atoms with Crippen LogP contribution in [0.3, 0.4) is 0 Å². The molecule has 0 spiro atoms. The van der Waals surface area contributed by atoms with Crippen molar-refractivity contribution in [3.63, 3.8) is 0 Å². The van der Waals surface area contributed by atoms with Crippen LogP contribution >= 0.6 is 11.6 Å². The van der Waals surface area contributed by atoms with E-state index in [1.165, 1.54) is 6.33 Å². The van der Waals surface area contributed by atoms with Crippen molar-refractivity contribution in [3.8, 4) is 5.75 Å². The minimum absolute atomic E-state index is 0.0180. The number of fused-ring (bicyclic) bond motifs is 1. The number of aryl methyl sites for hydroxylation is 2. The molecule has 0 bridgehead atoms. The second-order valence-electron chi connectivity index (χ2n) is 6.79. The Balaban J connectivity index is 1.37. The van der Waals surface area contributed by atoms with Crippen molar-refractivity contribution in [1.29, 1.82) is 0 Å². The van der Waals surface area contributed by atoms with E-state index in [-0.39, 0.29) is 12.5 Å². The minimum Gasteiger partial charge on any atom is -0.483 e. The number of piperazine rings is 1. The normalized spacial score (nSPS) is 14.5. The van der Waals surface area contributed by atoms with Gasteiger partial charge in [-0.3, -0.25) is 4.79 Å². The smallest absolute Gasteiger partial charge is 0.260 e. The molecule has 2 aromatic heterocycles. The summed E-state index contributed by atoms with van der Waals surface area (Å²) >= 11 is 5.96. The molecule has 4 rings (SSSR count). The lowest BCUT2D eigenvalue weighted by Gasteiger charge is -2.35. The summed E-state index contributed by atoms with van der Waals surface area (Å²) in [5.74, 6) is 2.18. The molecule has 3 aromatic rings. The second kappa shape index (κ2) is 7.63. The number of hydrogen-bond acceptors (Lipinski definition) is 6. The molecule has 9 heteroatoms. The third-order valence-electron chi connectivity index (χ3n) is 4.81. The third-order valence-corrected chi connectivity index (χ3v) is 5.04. The summed E-state index contributed by atoms with van der Waals surface area (Å²) in [7, 11) is 0. The van der Waals surface area contributed by atoms with E-state index in [1.54, 1.807) is 16.6 Å². The quantitative estimate of drug-likeness (QED) is 0.667. The largest absolute Gasteiger partial charge is 0.483 e. The summed E-state index contributed by atoms with van der Waals surface area (Å²) in [5.41, 5.74) is 1.80. The number of benzene rings is 1. The van der Waals surface area contributed by atoms with Gasteiger partial charge in [0.05, 0.1) is 0 Å². The van der Waals surface area contributed by atoms with Crippen LogP contribution < -0.4 is 9.64 Å². The Morgan fingerprint density at radius 3 is 2.71 bits per heavy atom. The molecule has 8 nitrogen and oxygen atoms in total. The van der Waals surface area contributed by atoms with Gasteiger partial charge in [0.15, 0.2) is 6.61 Å². The lowest BCUT2D eigenvalue weighted by molar-refractivity contribution is -0.133. The van der Waals surface area contributed by atoms with Gasteiger partial charge in [0.2, 0.25) is 0 Å². The van der Waals surface area contributed by atoms with E-state index in [9.17, 15) is 4.79 Å². The molecule has 1 aliphatic rings. The average molecular weight is 401 g/mol. The first-order valence-electron chi connectivity index (χ1n) is 9.10. The van der Waals surface area contributed by atoms with Gasteiger partial charge < -0.3 is 14.5 Å². The average Bonchev–Trinajstić information content (AvgIpc) is 3.15. The van der Waals surface area contributed by atoms with Gasteiger partial charge in [0.25, 0.3) is 11.7 Å². The van der Waals surface area contributed by atoms with E-state index >= 15 is 0 Å². The highest BCUT2D eigenvalue weighted by Gasteiger charge is 2.23. The highest BCUT2D eigenvalue weighted by molar-refractivity contribution is 6.30. The van der Waals surface area contributed by atoms with Gasteiger partial charge in [-0.1, -0.05) is 11.6 Å². The van der Waals surface area contributed by atoms with Crippen LogP contribution in [0.1, 0.15) is 11.3 Å². The topological polar surface area (TPSA) is 75.9 Å². The van der Waals surface area contributed by atoms with Crippen molar-refractivity contribution in [1.82, 2.24) is 24.5 Å². The van der Waals surface area contributed by atoms with E-state index in [0.29, 0.717) is 42.7 Å². The van der Waals surface area contributed by atoms with Gasteiger partial charge in [-0.25, -0.2) is 4.98 Å². The van der Waals surface area contributed by atoms with Crippen LogP contribution in [-0.4, -0.2) is 63.2 Å². The number of carbonyl (C=O) groups is 1. The summed E-state index contributed by atoms with van der Waals surface area (Å²) in [6, 6.07) is 7.36.